The summed E-state index contributed by atoms with van der Waals surface area (Å²) in [6, 6.07) is 21.6. The highest BCUT2D eigenvalue weighted by atomic mass is 15.5. The van der Waals surface area contributed by atoms with Crippen LogP contribution >= 0.6 is 0 Å². The van der Waals surface area contributed by atoms with E-state index in [0.717, 1.165) is 34.3 Å². The first-order chi connectivity index (χ1) is 15.8. The van der Waals surface area contributed by atoms with Crippen molar-refractivity contribution in [2.45, 2.75) is 47.7 Å². The first kappa shape index (κ1) is 21.2. The largest absolute Gasteiger partial charge is 0.302 e. The summed E-state index contributed by atoms with van der Waals surface area (Å²) < 4.78 is 0. The number of nitrogens with zero attached hydrogens (tertiary/aromatic N) is 4. The number of benzene rings is 3. The first-order valence-electron chi connectivity index (χ1n) is 11.5. The molecule has 5 rings (SSSR count). The smallest absolute Gasteiger partial charge is 0.179 e. The third kappa shape index (κ3) is 3.56. The van der Waals surface area contributed by atoms with E-state index in [1.807, 2.05) is 6.20 Å². The van der Waals surface area contributed by atoms with Gasteiger partial charge in [0.2, 0.25) is 0 Å². The van der Waals surface area contributed by atoms with Crippen molar-refractivity contribution >= 4 is 23.0 Å². The molecule has 0 N–H and O–H groups in total. The van der Waals surface area contributed by atoms with Crippen LogP contribution in [0.25, 0.3) is 11.3 Å². The van der Waals surface area contributed by atoms with Gasteiger partial charge < -0.3 is 9.80 Å². The van der Waals surface area contributed by atoms with Crippen LogP contribution in [0.15, 0.2) is 66.9 Å². The zero-order valence-electron chi connectivity index (χ0n) is 20.2. The van der Waals surface area contributed by atoms with Crippen LogP contribution in [-0.2, 0) is 0 Å². The molecule has 4 heteroatoms. The highest BCUT2D eigenvalue weighted by molar-refractivity contribution is 5.86. The van der Waals surface area contributed by atoms with Crippen molar-refractivity contribution in [2.24, 2.45) is 0 Å². The zero-order valence-corrected chi connectivity index (χ0v) is 20.2. The maximum Gasteiger partial charge on any atom is 0.179 e. The minimum atomic E-state index is 0.0375. The molecule has 0 radical (unpaired) electrons. The van der Waals surface area contributed by atoms with Crippen molar-refractivity contribution in [3.63, 3.8) is 0 Å². The third-order valence-electron chi connectivity index (χ3n) is 6.54. The van der Waals surface area contributed by atoms with E-state index >= 15 is 0 Å². The van der Waals surface area contributed by atoms with Gasteiger partial charge in [-0.05, 0) is 87.6 Å². The summed E-state index contributed by atoms with van der Waals surface area (Å²) in [4.78, 5) is 14.9. The van der Waals surface area contributed by atoms with Gasteiger partial charge in [-0.25, -0.2) is 9.97 Å². The molecule has 0 bridgehead atoms. The average molecular weight is 435 g/mol. The molecule has 4 nitrogen and oxygen atoms in total. The Bertz CT molecular complexity index is 1320. The Morgan fingerprint density at radius 1 is 0.697 bits per heavy atom. The van der Waals surface area contributed by atoms with Gasteiger partial charge in [0.25, 0.3) is 0 Å². The fraction of sp³-hybridized carbons (Fsp3) is 0.241. The number of aromatic nitrogens is 2. The average Bonchev–Trinajstić information content (AvgIpc) is 3.04. The van der Waals surface area contributed by atoms with Crippen LogP contribution in [0.2, 0.25) is 0 Å². The second-order valence-corrected chi connectivity index (χ2v) is 9.17. The highest BCUT2D eigenvalue weighted by Gasteiger charge is 2.38. The molecule has 2 heterocycles. The van der Waals surface area contributed by atoms with Crippen LogP contribution in [0, 0.1) is 34.6 Å². The van der Waals surface area contributed by atoms with Crippen molar-refractivity contribution in [3.8, 4) is 11.3 Å². The molecule has 1 unspecified atom stereocenters. The van der Waals surface area contributed by atoms with E-state index in [9.17, 15) is 0 Å². The predicted molar refractivity (Wildman–Crippen MR) is 138 cm³/mol. The minimum Gasteiger partial charge on any atom is -0.302 e. The van der Waals surface area contributed by atoms with Gasteiger partial charge in [-0.2, -0.15) is 0 Å². The summed E-state index contributed by atoms with van der Waals surface area (Å²) in [5, 5.41) is 0. The molecule has 1 atom stereocenters. The minimum absolute atomic E-state index is 0.0375. The summed E-state index contributed by atoms with van der Waals surface area (Å²) in [6.07, 6.45) is 1.97. The topological polar surface area (TPSA) is 32.3 Å². The van der Waals surface area contributed by atoms with Gasteiger partial charge in [0, 0.05) is 16.9 Å². The molecule has 0 saturated heterocycles. The standard InChI is InChI=1S/C29H30N4/c1-18-14-19(2)16-24(15-18)32-23(6)33(26-13-8-7-10-20(26)3)29-28(32)30-17-25(31-29)27-21(4)11-9-12-22(27)5/h7-17,23H,1-6H3. The lowest BCUT2D eigenvalue weighted by molar-refractivity contribution is 0.752. The van der Waals surface area contributed by atoms with E-state index in [0.29, 0.717) is 0 Å². The Labute approximate surface area is 196 Å². The summed E-state index contributed by atoms with van der Waals surface area (Å²) in [5.74, 6) is 1.79. The van der Waals surface area contributed by atoms with E-state index in [4.69, 9.17) is 9.97 Å². The second kappa shape index (κ2) is 8.04. The van der Waals surface area contributed by atoms with E-state index in [1.54, 1.807) is 0 Å². The van der Waals surface area contributed by atoms with Gasteiger partial charge >= 0.3 is 0 Å². The number of para-hydroxylation sites is 1. The maximum absolute atomic E-state index is 5.24. The fourth-order valence-electron chi connectivity index (χ4n) is 5.09. The van der Waals surface area contributed by atoms with Gasteiger partial charge in [-0.15, -0.1) is 0 Å². The lowest BCUT2D eigenvalue weighted by Crippen LogP contribution is -2.36. The third-order valence-corrected chi connectivity index (χ3v) is 6.54. The quantitative estimate of drug-likeness (QED) is 0.338. The lowest BCUT2D eigenvalue weighted by Gasteiger charge is -2.30. The predicted octanol–water partition coefficient (Wildman–Crippen LogP) is 7.32. The van der Waals surface area contributed by atoms with Crippen molar-refractivity contribution in [2.75, 3.05) is 9.80 Å². The molecule has 0 fully saturated rings. The van der Waals surface area contributed by atoms with E-state index < -0.39 is 0 Å². The molecule has 0 spiro atoms. The molecule has 4 aromatic rings. The molecule has 1 aliphatic rings. The number of hydrogen-bond acceptors (Lipinski definition) is 4. The molecule has 1 aromatic heterocycles. The Balaban J connectivity index is 1.74. The van der Waals surface area contributed by atoms with Crippen LogP contribution in [0.4, 0.5) is 23.0 Å². The normalized spacial score (nSPS) is 15.2. The monoisotopic (exact) mass is 434 g/mol. The Hall–Kier alpha value is -3.66. The molecule has 0 saturated carbocycles. The first-order valence-corrected chi connectivity index (χ1v) is 11.5. The van der Waals surface area contributed by atoms with E-state index in [2.05, 4.69) is 112 Å². The Morgan fingerprint density at radius 3 is 2.00 bits per heavy atom. The summed E-state index contributed by atoms with van der Waals surface area (Å²) in [6.45, 7) is 13.0. The molecule has 33 heavy (non-hydrogen) atoms. The van der Waals surface area contributed by atoms with E-state index in [1.165, 1.54) is 27.8 Å². The Morgan fingerprint density at radius 2 is 1.33 bits per heavy atom. The van der Waals surface area contributed by atoms with Crippen LogP contribution in [0.1, 0.15) is 34.7 Å². The van der Waals surface area contributed by atoms with Gasteiger partial charge in [0.1, 0.15) is 6.17 Å². The van der Waals surface area contributed by atoms with Gasteiger partial charge in [-0.3, -0.25) is 0 Å². The zero-order chi connectivity index (χ0) is 23.3. The molecular weight excluding hydrogens is 404 g/mol. The van der Waals surface area contributed by atoms with Gasteiger partial charge in [0.15, 0.2) is 11.6 Å². The molecule has 0 aliphatic carbocycles. The highest BCUT2D eigenvalue weighted by Crippen LogP contribution is 2.47. The SMILES string of the molecule is Cc1cc(C)cc(N2c3ncc(-c4c(C)cccc4C)nc3N(c3ccccc3C)C2C)c1. The molecule has 166 valence electrons. The number of anilines is 4. The van der Waals surface area contributed by atoms with Crippen molar-refractivity contribution < 1.29 is 0 Å². The maximum atomic E-state index is 5.24. The summed E-state index contributed by atoms with van der Waals surface area (Å²) in [5.41, 5.74) is 10.5. The van der Waals surface area contributed by atoms with Crippen molar-refractivity contribution in [3.05, 3.63) is 94.7 Å². The summed E-state index contributed by atoms with van der Waals surface area (Å²) >= 11 is 0. The molecular formula is C29H30N4. The van der Waals surface area contributed by atoms with Crippen molar-refractivity contribution in [1.29, 1.82) is 0 Å². The number of fused-ring (bicyclic) bond motifs is 1. The van der Waals surface area contributed by atoms with Gasteiger partial charge in [-0.1, -0.05) is 42.5 Å². The summed E-state index contributed by atoms with van der Waals surface area (Å²) in [7, 11) is 0. The number of hydrogen-bond donors (Lipinski definition) is 0. The number of rotatable bonds is 3. The Kier molecular flexibility index (Phi) is 5.16. The van der Waals surface area contributed by atoms with E-state index in [-0.39, 0.29) is 6.17 Å². The van der Waals surface area contributed by atoms with Crippen LogP contribution in [0.3, 0.4) is 0 Å². The molecule has 0 amide bonds. The van der Waals surface area contributed by atoms with Crippen molar-refractivity contribution in [1.82, 2.24) is 9.97 Å². The molecule has 3 aromatic carbocycles. The van der Waals surface area contributed by atoms with Crippen LogP contribution in [-0.4, -0.2) is 16.1 Å². The van der Waals surface area contributed by atoms with Crippen LogP contribution in [0.5, 0.6) is 0 Å². The second-order valence-electron chi connectivity index (χ2n) is 9.17. The van der Waals surface area contributed by atoms with Crippen LogP contribution < -0.4 is 9.80 Å². The fourth-order valence-corrected chi connectivity index (χ4v) is 5.09. The van der Waals surface area contributed by atoms with Gasteiger partial charge in [0.05, 0.1) is 11.9 Å². The molecule has 1 aliphatic heterocycles. The number of aryl methyl sites for hydroxylation is 5. The lowest BCUT2D eigenvalue weighted by atomic mass is 10.0.